The minimum atomic E-state index is -4.14. The molecular formula is C14H10F4OS. The van der Waals surface area contributed by atoms with Crippen molar-refractivity contribution >= 4 is 11.2 Å². The van der Waals surface area contributed by atoms with Crippen LogP contribution in [0.5, 0.6) is 0 Å². The summed E-state index contributed by atoms with van der Waals surface area (Å²) >= 11 is -3.71. The van der Waals surface area contributed by atoms with Gasteiger partial charge in [0.05, 0.1) is 11.1 Å². The number of halogens is 4. The third-order valence-electron chi connectivity index (χ3n) is 2.69. The maximum absolute atomic E-state index is 14.0. The third kappa shape index (κ3) is 2.66. The first-order chi connectivity index (χ1) is 9.37. The molecular weight excluding hydrogens is 292 g/mol. The van der Waals surface area contributed by atoms with Gasteiger partial charge in [-0.3, -0.25) is 0 Å². The van der Waals surface area contributed by atoms with Crippen molar-refractivity contribution in [2.24, 2.45) is 0 Å². The average molecular weight is 302 g/mol. The van der Waals surface area contributed by atoms with Crippen LogP contribution in [0.4, 0.5) is 17.6 Å². The Kier molecular flexibility index (Phi) is 4.06. The highest BCUT2D eigenvalue weighted by molar-refractivity contribution is 7.92. The Balaban J connectivity index is 2.37. The van der Waals surface area contributed by atoms with Gasteiger partial charge in [-0.25, -0.2) is 0 Å². The van der Waals surface area contributed by atoms with Crippen LogP contribution in [0, 0.1) is 0 Å². The third-order valence-corrected chi connectivity index (χ3v) is 4.09. The molecule has 0 radical (unpaired) electrons. The van der Waals surface area contributed by atoms with E-state index in [9.17, 15) is 22.1 Å². The lowest BCUT2D eigenvalue weighted by Crippen LogP contribution is -2.38. The minimum absolute atomic E-state index is 0.700. The van der Waals surface area contributed by atoms with Gasteiger partial charge in [0.1, 0.15) is 11.2 Å². The summed E-state index contributed by atoms with van der Waals surface area (Å²) in [4.78, 5) is 0. The highest BCUT2D eigenvalue weighted by Crippen LogP contribution is 2.47. The SMILES string of the molecule is [O-][S+](C(F)(F)c1ccccc1)C(F)(F)c1ccccc1. The van der Waals surface area contributed by atoms with Gasteiger partial charge in [-0.15, -0.1) is 17.6 Å². The molecule has 0 spiro atoms. The summed E-state index contributed by atoms with van der Waals surface area (Å²) in [6, 6.07) is 11.9. The highest BCUT2D eigenvalue weighted by Gasteiger charge is 2.61. The van der Waals surface area contributed by atoms with Gasteiger partial charge in [0, 0.05) is 0 Å². The van der Waals surface area contributed by atoms with Crippen molar-refractivity contribution < 1.29 is 22.1 Å². The fraction of sp³-hybridized carbons (Fsp3) is 0.143. The topological polar surface area (TPSA) is 23.1 Å². The molecule has 2 rings (SSSR count). The van der Waals surface area contributed by atoms with Crippen molar-refractivity contribution in [1.82, 2.24) is 0 Å². The van der Waals surface area contributed by atoms with Crippen LogP contribution in [0.1, 0.15) is 11.1 Å². The normalized spacial score (nSPS) is 12.7. The number of hydrogen-bond donors (Lipinski definition) is 0. The van der Waals surface area contributed by atoms with Crippen LogP contribution < -0.4 is 0 Å². The second kappa shape index (κ2) is 5.46. The molecule has 0 aliphatic rings. The van der Waals surface area contributed by atoms with Crippen LogP contribution in [-0.4, -0.2) is 4.55 Å². The van der Waals surface area contributed by atoms with E-state index in [-0.39, 0.29) is 0 Å². The maximum atomic E-state index is 14.0. The molecule has 0 saturated carbocycles. The number of hydrogen-bond acceptors (Lipinski definition) is 1. The molecule has 1 nitrogen and oxygen atoms in total. The molecule has 0 bridgehead atoms. The van der Waals surface area contributed by atoms with Gasteiger partial charge in [-0.2, -0.15) is 0 Å². The molecule has 0 amide bonds. The van der Waals surface area contributed by atoms with Crippen molar-refractivity contribution in [1.29, 1.82) is 0 Å². The molecule has 0 heterocycles. The molecule has 0 N–H and O–H groups in total. The maximum Gasteiger partial charge on any atom is 0.440 e. The van der Waals surface area contributed by atoms with Crippen molar-refractivity contribution in [3.63, 3.8) is 0 Å². The van der Waals surface area contributed by atoms with E-state index in [0.29, 0.717) is 0 Å². The fourth-order valence-corrected chi connectivity index (χ4v) is 2.66. The Hall–Kier alpha value is -1.53. The van der Waals surface area contributed by atoms with Crippen molar-refractivity contribution in [3.8, 4) is 0 Å². The summed E-state index contributed by atoms with van der Waals surface area (Å²) in [5, 5.41) is -8.28. The molecule has 0 fully saturated rings. The Bertz CT molecular complexity index is 508. The first kappa shape index (κ1) is 14.9. The first-order valence-electron chi connectivity index (χ1n) is 5.65. The highest BCUT2D eigenvalue weighted by atomic mass is 32.2. The van der Waals surface area contributed by atoms with E-state index < -0.39 is 32.8 Å². The van der Waals surface area contributed by atoms with Crippen molar-refractivity contribution in [2.45, 2.75) is 10.5 Å². The quantitative estimate of drug-likeness (QED) is 0.612. The van der Waals surface area contributed by atoms with E-state index in [1.54, 1.807) is 0 Å². The van der Waals surface area contributed by atoms with Gasteiger partial charge in [-0.05, 0) is 24.3 Å². The van der Waals surface area contributed by atoms with Crippen molar-refractivity contribution in [2.75, 3.05) is 0 Å². The molecule has 0 unspecified atom stereocenters. The number of benzene rings is 2. The summed E-state index contributed by atoms with van der Waals surface area (Å²) in [6.07, 6.45) is 0. The predicted octanol–water partition coefficient (Wildman–Crippen LogP) is 4.23. The lowest BCUT2D eigenvalue weighted by atomic mass is 10.2. The van der Waals surface area contributed by atoms with E-state index in [1.165, 1.54) is 36.4 Å². The molecule has 0 aliphatic carbocycles. The van der Waals surface area contributed by atoms with Crippen molar-refractivity contribution in [3.05, 3.63) is 71.8 Å². The summed E-state index contributed by atoms with van der Waals surface area (Å²) < 4.78 is 67.5. The molecule has 0 aromatic heterocycles. The summed E-state index contributed by atoms with van der Waals surface area (Å²) in [5.74, 6) is 0. The monoisotopic (exact) mass is 302 g/mol. The van der Waals surface area contributed by atoms with Gasteiger partial charge in [-0.1, -0.05) is 36.4 Å². The molecule has 2 aromatic rings. The summed E-state index contributed by atoms with van der Waals surface area (Å²) in [5.41, 5.74) is -1.40. The average Bonchev–Trinajstić information content (AvgIpc) is 2.48. The Morgan fingerprint density at radius 2 is 0.950 bits per heavy atom. The lowest BCUT2D eigenvalue weighted by molar-refractivity contribution is 0.0411. The predicted molar refractivity (Wildman–Crippen MR) is 68.8 cm³/mol. The van der Waals surface area contributed by atoms with Crippen LogP contribution in [0.3, 0.4) is 0 Å². The minimum Gasteiger partial charge on any atom is -0.606 e. The number of rotatable bonds is 4. The smallest absolute Gasteiger partial charge is 0.440 e. The van der Waals surface area contributed by atoms with Crippen LogP contribution in [-0.2, 0) is 21.7 Å². The summed E-state index contributed by atoms with van der Waals surface area (Å²) in [6.45, 7) is 0. The Morgan fingerprint density at radius 1 is 0.650 bits per heavy atom. The van der Waals surface area contributed by atoms with E-state index in [0.717, 1.165) is 24.3 Å². The second-order valence-electron chi connectivity index (χ2n) is 4.03. The van der Waals surface area contributed by atoms with E-state index >= 15 is 0 Å². The summed E-state index contributed by atoms with van der Waals surface area (Å²) in [7, 11) is 0. The first-order valence-corrected chi connectivity index (χ1v) is 6.80. The fourth-order valence-electron chi connectivity index (χ4n) is 1.64. The standard InChI is InChI=1S/C14H10F4OS/c15-13(16,11-7-3-1-4-8-11)20(19)14(17,18)12-9-5-2-6-10-12/h1-10H. The van der Waals surface area contributed by atoms with Gasteiger partial charge < -0.3 is 4.55 Å². The van der Waals surface area contributed by atoms with Crippen LogP contribution in [0.15, 0.2) is 60.7 Å². The van der Waals surface area contributed by atoms with Crippen LogP contribution in [0.25, 0.3) is 0 Å². The van der Waals surface area contributed by atoms with E-state index in [2.05, 4.69) is 0 Å². The molecule has 0 atom stereocenters. The van der Waals surface area contributed by atoms with Gasteiger partial charge >= 0.3 is 10.5 Å². The molecule has 2 aromatic carbocycles. The molecule has 106 valence electrons. The van der Waals surface area contributed by atoms with E-state index in [1.807, 2.05) is 0 Å². The zero-order valence-corrected chi connectivity index (χ0v) is 10.9. The van der Waals surface area contributed by atoms with Gasteiger partial charge in [0.15, 0.2) is 0 Å². The van der Waals surface area contributed by atoms with Gasteiger partial charge in [0.2, 0.25) is 0 Å². The van der Waals surface area contributed by atoms with Crippen LogP contribution >= 0.6 is 0 Å². The lowest BCUT2D eigenvalue weighted by Gasteiger charge is -2.26. The van der Waals surface area contributed by atoms with Crippen LogP contribution in [0.2, 0.25) is 0 Å². The molecule has 0 saturated heterocycles. The molecule has 6 heteroatoms. The zero-order valence-electron chi connectivity index (χ0n) is 10.1. The Labute approximate surface area is 116 Å². The van der Waals surface area contributed by atoms with Gasteiger partial charge in [0.25, 0.3) is 0 Å². The van der Waals surface area contributed by atoms with E-state index in [4.69, 9.17) is 0 Å². The largest absolute Gasteiger partial charge is 0.606 e. The zero-order chi connectivity index (χ0) is 14.8. The molecule has 0 aliphatic heterocycles. The number of alkyl halides is 4. The second-order valence-corrected chi connectivity index (χ2v) is 5.60. The molecule has 20 heavy (non-hydrogen) atoms. The Morgan fingerprint density at radius 3 is 1.25 bits per heavy atom.